The van der Waals surface area contributed by atoms with Crippen molar-refractivity contribution in [3.8, 4) is 0 Å². The highest BCUT2D eigenvalue weighted by Gasteiger charge is 2.40. The number of ether oxygens (including phenoxy) is 1. The summed E-state index contributed by atoms with van der Waals surface area (Å²) in [6.07, 6.45) is 6.14. The van der Waals surface area contributed by atoms with Crippen molar-refractivity contribution in [2.75, 3.05) is 6.61 Å². The van der Waals surface area contributed by atoms with Gasteiger partial charge in [-0.3, -0.25) is 0 Å². The van der Waals surface area contributed by atoms with Gasteiger partial charge in [0.25, 0.3) is 0 Å². The van der Waals surface area contributed by atoms with E-state index in [1.165, 1.54) is 5.57 Å². The topological polar surface area (TPSA) is 35.5 Å². The molecule has 0 radical (unpaired) electrons. The van der Waals surface area contributed by atoms with Gasteiger partial charge in [-0.1, -0.05) is 39.8 Å². The highest BCUT2D eigenvalue weighted by molar-refractivity contribution is 6.74. The predicted octanol–water partition coefficient (Wildman–Crippen LogP) is 6.27. The van der Waals surface area contributed by atoms with Crippen LogP contribution in [0.2, 0.25) is 18.1 Å². The zero-order valence-electron chi connectivity index (χ0n) is 18.2. The van der Waals surface area contributed by atoms with Crippen molar-refractivity contribution < 1.29 is 14.0 Å². The van der Waals surface area contributed by atoms with Gasteiger partial charge in [0.1, 0.15) is 0 Å². The number of hydrogen-bond acceptors (Lipinski definition) is 3. The Bertz CT molecular complexity index is 484. The average Bonchev–Trinajstić information content (AvgIpc) is 2.50. The maximum absolute atomic E-state index is 11.7. The third-order valence-electron chi connectivity index (χ3n) is 5.32. The van der Waals surface area contributed by atoms with Crippen molar-refractivity contribution in [3.63, 3.8) is 0 Å². The average molecular weight is 369 g/mol. The SMILES string of the molecule is C/C=C(\C)[C@@H](O[Si](C)(C)C(C)(C)C)[C@@H](C)CC/C=C(\C)C(=O)OCC. The van der Waals surface area contributed by atoms with Crippen LogP contribution in [0, 0.1) is 5.92 Å². The van der Waals surface area contributed by atoms with E-state index < -0.39 is 8.32 Å². The largest absolute Gasteiger partial charge is 0.463 e. The van der Waals surface area contributed by atoms with Gasteiger partial charge in [0, 0.05) is 5.57 Å². The van der Waals surface area contributed by atoms with E-state index in [1.54, 1.807) is 0 Å². The summed E-state index contributed by atoms with van der Waals surface area (Å²) in [4.78, 5) is 11.7. The maximum atomic E-state index is 11.7. The summed E-state index contributed by atoms with van der Waals surface area (Å²) < 4.78 is 11.8. The Morgan fingerprint density at radius 3 is 2.20 bits per heavy atom. The Morgan fingerprint density at radius 1 is 1.20 bits per heavy atom. The first-order valence-electron chi connectivity index (χ1n) is 9.51. The monoisotopic (exact) mass is 368 g/mol. The molecule has 0 saturated heterocycles. The zero-order valence-corrected chi connectivity index (χ0v) is 19.2. The molecule has 0 aromatic heterocycles. The molecule has 0 unspecified atom stereocenters. The summed E-state index contributed by atoms with van der Waals surface area (Å²) in [5.41, 5.74) is 1.99. The molecule has 0 rings (SSSR count). The number of carbonyl (C=O) groups excluding carboxylic acids is 1. The van der Waals surface area contributed by atoms with Crippen LogP contribution >= 0.6 is 0 Å². The van der Waals surface area contributed by atoms with Crippen LogP contribution in [0.1, 0.15) is 68.2 Å². The summed E-state index contributed by atoms with van der Waals surface area (Å²) in [6, 6.07) is 0. The lowest BCUT2D eigenvalue weighted by Gasteiger charge is -2.41. The number of carbonyl (C=O) groups is 1. The second-order valence-electron chi connectivity index (χ2n) is 8.49. The van der Waals surface area contributed by atoms with E-state index in [0.717, 1.165) is 12.8 Å². The number of allylic oxidation sites excluding steroid dienone is 2. The van der Waals surface area contributed by atoms with Gasteiger partial charge in [-0.2, -0.15) is 0 Å². The third kappa shape index (κ3) is 7.91. The second-order valence-corrected chi connectivity index (χ2v) is 13.3. The molecule has 0 fully saturated rings. The minimum Gasteiger partial charge on any atom is -0.463 e. The van der Waals surface area contributed by atoms with Gasteiger partial charge >= 0.3 is 5.97 Å². The van der Waals surface area contributed by atoms with Gasteiger partial charge in [0.05, 0.1) is 12.7 Å². The Labute approximate surface area is 157 Å². The lowest BCUT2D eigenvalue weighted by molar-refractivity contribution is -0.138. The van der Waals surface area contributed by atoms with Crippen molar-refractivity contribution in [2.24, 2.45) is 5.92 Å². The minimum atomic E-state index is -1.83. The molecular weight excluding hydrogens is 328 g/mol. The van der Waals surface area contributed by atoms with E-state index in [4.69, 9.17) is 9.16 Å². The molecule has 25 heavy (non-hydrogen) atoms. The van der Waals surface area contributed by atoms with Gasteiger partial charge in [-0.15, -0.1) is 0 Å². The van der Waals surface area contributed by atoms with Gasteiger partial charge in [-0.05, 0) is 70.2 Å². The number of rotatable bonds is 9. The van der Waals surface area contributed by atoms with Crippen LogP contribution in [0.4, 0.5) is 0 Å². The summed E-state index contributed by atoms with van der Waals surface area (Å²) in [6.45, 7) is 22.0. The molecular formula is C21H40O3Si. The molecule has 0 aliphatic heterocycles. The minimum absolute atomic E-state index is 0.141. The van der Waals surface area contributed by atoms with Crippen LogP contribution < -0.4 is 0 Å². The number of esters is 1. The van der Waals surface area contributed by atoms with Gasteiger partial charge in [0.15, 0.2) is 8.32 Å². The highest BCUT2D eigenvalue weighted by Crippen LogP contribution is 2.39. The lowest BCUT2D eigenvalue weighted by atomic mass is 9.93. The zero-order chi connectivity index (χ0) is 19.8. The fourth-order valence-electron chi connectivity index (χ4n) is 2.36. The van der Waals surface area contributed by atoms with Crippen molar-refractivity contribution >= 4 is 14.3 Å². The smallest absolute Gasteiger partial charge is 0.333 e. The van der Waals surface area contributed by atoms with Crippen LogP contribution in [-0.4, -0.2) is 27.0 Å². The fraction of sp³-hybridized carbons (Fsp3) is 0.762. The van der Waals surface area contributed by atoms with Gasteiger partial charge < -0.3 is 9.16 Å². The highest BCUT2D eigenvalue weighted by atomic mass is 28.4. The molecule has 2 atom stereocenters. The van der Waals surface area contributed by atoms with Gasteiger partial charge in [-0.25, -0.2) is 4.79 Å². The Hall–Kier alpha value is -0.873. The summed E-state index contributed by atoms with van der Waals surface area (Å²) in [5, 5.41) is 0.194. The van der Waals surface area contributed by atoms with Crippen molar-refractivity contribution in [1.29, 1.82) is 0 Å². The Morgan fingerprint density at radius 2 is 1.76 bits per heavy atom. The first kappa shape index (κ1) is 24.1. The van der Waals surface area contributed by atoms with Crippen LogP contribution in [0.15, 0.2) is 23.3 Å². The predicted molar refractivity (Wildman–Crippen MR) is 110 cm³/mol. The van der Waals surface area contributed by atoms with E-state index in [0.29, 0.717) is 18.1 Å². The summed E-state index contributed by atoms with van der Waals surface area (Å²) >= 11 is 0. The molecule has 0 aromatic rings. The molecule has 0 N–H and O–H groups in total. The van der Waals surface area contributed by atoms with E-state index >= 15 is 0 Å². The van der Waals surface area contributed by atoms with E-state index in [2.05, 4.69) is 60.7 Å². The van der Waals surface area contributed by atoms with Crippen LogP contribution in [-0.2, 0) is 14.0 Å². The van der Waals surface area contributed by atoms with Crippen molar-refractivity contribution in [3.05, 3.63) is 23.3 Å². The number of hydrogen-bond donors (Lipinski definition) is 0. The molecule has 0 aliphatic carbocycles. The van der Waals surface area contributed by atoms with Crippen molar-refractivity contribution in [1.82, 2.24) is 0 Å². The molecule has 4 heteroatoms. The third-order valence-corrected chi connectivity index (χ3v) is 9.77. The van der Waals surface area contributed by atoms with Crippen LogP contribution in [0.3, 0.4) is 0 Å². The molecule has 0 heterocycles. The molecule has 0 aromatic carbocycles. The first-order chi connectivity index (χ1) is 11.4. The van der Waals surface area contributed by atoms with E-state index in [-0.39, 0.29) is 17.1 Å². The molecule has 0 aliphatic rings. The summed E-state index contributed by atoms with van der Waals surface area (Å²) in [7, 11) is -1.83. The Balaban J connectivity index is 5.02. The lowest BCUT2D eigenvalue weighted by Crippen LogP contribution is -2.45. The Kier molecular flexibility index (Phi) is 9.96. The first-order valence-corrected chi connectivity index (χ1v) is 12.4. The summed E-state index contributed by atoms with van der Waals surface area (Å²) in [5.74, 6) is 0.186. The molecule has 0 bridgehead atoms. The van der Waals surface area contributed by atoms with E-state index in [1.807, 2.05) is 19.9 Å². The van der Waals surface area contributed by atoms with E-state index in [9.17, 15) is 4.79 Å². The quantitative estimate of drug-likeness (QED) is 0.208. The standard InChI is InChI=1S/C21H40O3Si/c1-11-16(3)19(24-25(9,10)21(6,7)8)17(4)14-13-15-18(5)20(22)23-12-2/h11,15,17,19H,12-14H2,1-10H3/b16-11+,18-15+/t17-,19+/m0/s1. The molecule has 146 valence electrons. The van der Waals surface area contributed by atoms with Crippen LogP contribution in [0.5, 0.6) is 0 Å². The second kappa shape index (κ2) is 10.3. The molecule has 0 saturated carbocycles. The molecule has 0 spiro atoms. The maximum Gasteiger partial charge on any atom is 0.333 e. The molecule has 3 nitrogen and oxygen atoms in total. The van der Waals surface area contributed by atoms with Crippen molar-refractivity contribution in [2.45, 2.75) is 92.5 Å². The fourth-order valence-corrected chi connectivity index (χ4v) is 3.77. The van der Waals surface area contributed by atoms with Gasteiger partial charge in [0.2, 0.25) is 0 Å². The van der Waals surface area contributed by atoms with Crippen LogP contribution in [0.25, 0.3) is 0 Å². The normalized spacial score (nSPS) is 16.6. The molecule has 0 amide bonds.